The Bertz CT molecular complexity index is 628. The summed E-state index contributed by atoms with van der Waals surface area (Å²) in [5.74, 6) is -0.251. The molecule has 3 rings (SSSR count). The van der Waals surface area contributed by atoms with E-state index in [1.807, 2.05) is 30.3 Å². The number of piperazine rings is 1. The molecule has 25 heavy (non-hydrogen) atoms. The van der Waals surface area contributed by atoms with Crippen LogP contribution in [-0.4, -0.2) is 73.5 Å². The van der Waals surface area contributed by atoms with Crippen LogP contribution in [0.3, 0.4) is 0 Å². The Morgan fingerprint density at radius 1 is 0.880 bits per heavy atom. The van der Waals surface area contributed by atoms with Gasteiger partial charge in [-0.2, -0.15) is 0 Å². The number of ether oxygens (including phenoxy) is 1. The molecule has 2 saturated heterocycles. The minimum atomic E-state index is -0.136. The second kappa shape index (κ2) is 8.11. The van der Waals surface area contributed by atoms with E-state index >= 15 is 0 Å². The smallest absolute Gasteiger partial charge is 0.246 e. The molecule has 0 aliphatic carbocycles. The molecule has 0 bridgehead atoms. The molecule has 7 nitrogen and oxygen atoms in total. The molecule has 0 aromatic heterocycles. The molecular formula is C18H23N3O4. The normalized spacial score (nSPS) is 18.4. The number of amides is 3. The maximum atomic E-state index is 12.3. The zero-order valence-corrected chi connectivity index (χ0v) is 14.2. The maximum Gasteiger partial charge on any atom is 0.246 e. The lowest BCUT2D eigenvalue weighted by Gasteiger charge is -2.34. The van der Waals surface area contributed by atoms with E-state index in [0.717, 1.165) is 5.69 Å². The number of rotatable bonds is 4. The number of carbonyl (C=O) groups is 3. The van der Waals surface area contributed by atoms with Gasteiger partial charge in [-0.1, -0.05) is 18.2 Å². The van der Waals surface area contributed by atoms with E-state index in [1.165, 1.54) is 0 Å². The second-order valence-electron chi connectivity index (χ2n) is 6.19. The number of nitrogens with zero attached hydrogens (tertiary/aromatic N) is 3. The third-order valence-electron chi connectivity index (χ3n) is 4.56. The van der Waals surface area contributed by atoms with Gasteiger partial charge in [0.15, 0.2) is 0 Å². The van der Waals surface area contributed by atoms with Crippen molar-refractivity contribution in [2.24, 2.45) is 0 Å². The molecule has 2 aliphatic rings. The Labute approximate surface area is 147 Å². The average Bonchev–Trinajstić information content (AvgIpc) is 2.67. The summed E-state index contributed by atoms with van der Waals surface area (Å²) in [6.07, 6.45) is 0.334. The Morgan fingerprint density at radius 2 is 1.52 bits per heavy atom. The Hall–Kier alpha value is -2.41. The zero-order chi connectivity index (χ0) is 17.6. The topological polar surface area (TPSA) is 70.2 Å². The fourth-order valence-electron chi connectivity index (χ4n) is 3.11. The fourth-order valence-corrected chi connectivity index (χ4v) is 3.11. The van der Waals surface area contributed by atoms with Crippen molar-refractivity contribution in [2.75, 3.05) is 50.8 Å². The molecule has 2 heterocycles. The van der Waals surface area contributed by atoms with E-state index in [1.54, 1.807) is 14.7 Å². The van der Waals surface area contributed by atoms with E-state index in [9.17, 15) is 14.4 Å². The van der Waals surface area contributed by atoms with Crippen molar-refractivity contribution in [3.8, 4) is 0 Å². The summed E-state index contributed by atoms with van der Waals surface area (Å²) in [5, 5.41) is 0. The number of carbonyl (C=O) groups excluding carboxylic acids is 3. The highest BCUT2D eigenvalue weighted by Gasteiger charge is 2.28. The third kappa shape index (κ3) is 4.36. The van der Waals surface area contributed by atoms with Crippen LogP contribution in [-0.2, 0) is 19.1 Å². The largest absolute Gasteiger partial charge is 0.378 e. The van der Waals surface area contributed by atoms with Gasteiger partial charge >= 0.3 is 0 Å². The first kappa shape index (κ1) is 17.4. The first-order valence-electron chi connectivity index (χ1n) is 8.64. The lowest BCUT2D eigenvalue weighted by Crippen LogP contribution is -2.52. The molecule has 0 atom stereocenters. The van der Waals surface area contributed by atoms with Crippen molar-refractivity contribution in [1.29, 1.82) is 0 Å². The lowest BCUT2D eigenvalue weighted by atomic mass is 10.2. The van der Waals surface area contributed by atoms with Crippen molar-refractivity contribution in [3.05, 3.63) is 30.3 Å². The van der Waals surface area contributed by atoms with Crippen LogP contribution in [0.1, 0.15) is 12.8 Å². The molecule has 1 aromatic rings. The molecular weight excluding hydrogens is 322 g/mol. The third-order valence-corrected chi connectivity index (χ3v) is 4.56. The second-order valence-corrected chi connectivity index (χ2v) is 6.19. The van der Waals surface area contributed by atoms with Crippen LogP contribution in [0.15, 0.2) is 30.3 Å². The average molecular weight is 345 g/mol. The predicted molar refractivity (Wildman–Crippen MR) is 92.0 cm³/mol. The number of para-hydroxylation sites is 1. The van der Waals surface area contributed by atoms with Crippen LogP contribution >= 0.6 is 0 Å². The van der Waals surface area contributed by atoms with Crippen LogP contribution in [0.2, 0.25) is 0 Å². The van der Waals surface area contributed by atoms with E-state index in [-0.39, 0.29) is 37.1 Å². The number of hydrogen-bond acceptors (Lipinski definition) is 4. The van der Waals surface area contributed by atoms with Crippen molar-refractivity contribution < 1.29 is 19.1 Å². The summed E-state index contributed by atoms with van der Waals surface area (Å²) in [4.78, 5) is 41.8. The molecule has 0 radical (unpaired) electrons. The van der Waals surface area contributed by atoms with Gasteiger partial charge in [-0.15, -0.1) is 0 Å². The van der Waals surface area contributed by atoms with Gasteiger partial charge in [-0.3, -0.25) is 14.4 Å². The molecule has 7 heteroatoms. The first-order chi connectivity index (χ1) is 12.1. The molecule has 0 saturated carbocycles. The van der Waals surface area contributed by atoms with Gasteiger partial charge in [0.25, 0.3) is 0 Å². The highest BCUT2D eigenvalue weighted by molar-refractivity contribution is 5.98. The Morgan fingerprint density at radius 3 is 2.16 bits per heavy atom. The fraction of sp³-hybridized carbons (Fsp3) is 0.500. The van der Waals surface area contributed by atoms with Crippen LogP contribution in [0.5, 0.6) is 0 Å². The molecule has 2 aliphatic heterocycles. The minimum absolute atomic E-state index is 0.0223. The lowest BCUT2D eigenvalue weighted by molar-refractivity contribution is -0.141. The molecule has 134 valence electrons. The summed E-state index contributed by atoms with van der Waals surface area (Å²) in [6.45, 7) is 3.31. The van der Waals surface area contributed by atoms with Gasteiger partial charge < -0.3 is 19.4 Å². The van der Waals surface area contributed by atoms with Gasteiger partial charge in [0.1, 0.15) is 6.54 Å². The van der Waals surface area contributed by atoms with Crippen LogP contribution in [0.25, 0.3) is 0 Å². The summed E-state index contributed by atoms with van der Waals surface area (Å²) < 4.78 is 5.22. The Kier molecular flexibility index (Phi) is 5.65. The van der Waals surface area contributed by atoms with Gasteiger partial charge in [-0.25, -0.2) is 0 Å². The summed E-state index contributed by atoms with van der Waals surface area (Å²) in [7, 11) is 0. The monoisotopic (exact) mass is 345 g/mol. The molecule has 0 spiro atoms. The van der Waals surface area contributed by atoms with Crippen molar-refractivity contribution in [2.45, 2.75) is 12.8 Å². The van der Waals surface area contributed by atoms with Crippen molar-refractivity contribution in [1.82, 2.24) is 9.80 Å². The summed E-state index contributed by atoms with van der Waals surface area (Å²) in [6, 6.07) is 9.45. The maximum absolute atomic E-state index is 12.3. The first-order valence-corrected chi connectivity index (χ1v) is 8.64. The Balaban J connectivity index is 1.47. The van der Waals surface area contributed by atoms with E-state index < -0.39 is 0 Å². The molecule has 0 unspecified atom stereocenters. The highest BCUT2D eigenvalue weighted by Crippen LogP contribution is 2.17. The molecule has 2 fully saturated rings. The molecule has 3 amide bonds. The summed E-state index contributed by atoms with van der Waals surface area (Å²) >= 11 is 0. The van der Waals surface area contributed by atoms with Gasteiger partial charge in [0, 0.05) is 44.7 Å². The van der Waals surface area contributed by atoms with Crippen molar-refractivity contribution >= 4 is 23.4 Å². The molecule has 1 aromatic carbocycles. The number of anilines is 1. The summed E-state index contributed by atoms with van der Waals surface area (Å²) in [5.41, 5.74) is 0.849. The van der Waals surface area contributed by atoms with Crippen LogP contribution in [0, 0.1) is 0 Å². The highest BCUT2D eigenvalue weighted by atomic mass is 16.5. The van der Waals surface area contributed by atoms with Gasteiger partial charge in [-0.05, 0) is 12.1 Å². The van der Waals surface area contributed by atoms with Crippen LogP contribution in [0.4, 0.5) is 5.69 Å². The van der Waals surface area contributed by atoms with E-state index in [2.05, 4.69) is 0 Å². The van der Waals surface area contributed by atoms with E-state index in [4.69, 9.17) is 4.74 Å². The molecule has 0 N–H and O–H groups in total. The minimum Gasteiger partial charge on any atom is -0.378 e. The number of morpholine rings is 1. The van der Waals surface area contributed by atoms with Gasteiger partial charge in [0.05, 0.1) is 13.2 Å². The quantitative estimate of drug-likeness (QED) is 0.797. The number of hydrogen-bond donors (Lipinski definition) is 0. The zero-order valence-electron chi connectivity index (χ0n) is 14.2. The van der Waals surface area contributed by atoms with E-state index in [0.29, 0.717) is 39.4 Å². The predicted octanol–water partition coefficient (Wildman–Crippen LogP) is 0.501. The van der Waals surface area contributed by atoms with Crippen LogP contribution < -0.4 is 4.90 Å². The standard InChI is InChI=1S/C18H23N3O4/c22-16(19-10-12-25-13-11-19)6-7-17(23)20-8-9-21(18(24)14-20)15-4-2-1-3-5-15/h1-5H,6-14H2. The SMILES string of the molecule is O=C(CCC(=O)N1CCN(c2ccccc2)C(=O)C1)N1CCOCC1. The van der Waals surface area contributed by atoms with Crippen molar-refractivity contribution in [3.63, 3.8) is 0 Å². The number of benzene rings is 1. The van der Waals surface area contributed by atoms with Gasteiger partial charge in [0.2, 0.25) is 17.7 Å².